The van der Waals surface area contributed by atoms with Gasteiger partial charge in [0.1, 0.15) is 5.56 Å². The summed E-state index contributed by atoms with van der Waals surface area (Å²) in [5, 5.41) is 10.3. The lowest BCUT2D eigenvalue weighted by atomic mass is 9.94. The van der Waals surface area contributed by atoms with E-state index in [1.807, 2.05) is 62.3 Å². The van der Waals surface area contributed by atoms with Crippen molar-refractivity contribution in [3.8, 4) is 11.1 Å². The summed E-state index contributed by atoms with van der Waals surface area (Å²) >= 11 is 0. The first-order valence-corrected chi connectivity index (χ1v) is 10.7. The van der Waals surface area contributed by atoms with Gasteiger partial charge in [-0.05, 0) is 48.0 Å². The first kappa shape index (κ1) is 21.7. The van der Waals surface area contributed by atoms with Crippen molar-refractivity contribution in [2.45, 2.75) is 20.0 Å². The van der Waals surface area contributed by atoms with E-state index < -0.39 is 0 Å². The van der Waals surface area contributed by atoms with E-state index in [1.165, 1.54) is 0 Å². The third-order valence-electron chi connectivity index (χ3n) is 6.12. The van der Waals surface area contributed by atoms with Gasteiger partial charge in [-0.2, -0.15) is 6.42 Å². The van der Waals surface area contributed by atoms with E-state index in [0.717, 1.165) is 28.8 Å². The van der Waals surface area contributed by atoms with Gasteiger partial charge >= 0.3 is 0 Å². The van der Waals surface area contributed by atoms with Crippen molar-refractivity contribution < 1.29 is 9.90 Å². The topological polar surface area (TPSA) is 65.8 Å². The Morgan fingerprint density at radius 3 is 2.56 bits per heavy atom. The van der Waals surface area contributed by atoms with Crippen molar-refractivity contribution in [2.75, 3.05) is 30.4 Å². The Bertz CT molecular complexity index is 1240. The van der Waals surface area contributed by atoms with Crippen LogP contribution >= 0.6 is 0 Å². The predicted octanol–water partition coefficient (Wildman–Crippen LogP) is 3.39. The molecule has 0 fully saturated rings. The van der Waals surface area contributed by atoms with E-state index in [0.29, 0.717) is 28.9 Å². The number of aromatic nitrogens is 1. The van der Waals surface area contributed by atoms with E-state index in [1.54, 1.807) is 29.1 Å². The summed E-state index contributed by atoms with van der Waals surface area (Å²) in [5.74, 6) is -0.0635. The number of rotatable bonds is 5. The zero-order valence-corrected chi connectivity index (χ0v) is 18.9. The largest absolute Gasteiger partial charge is 0.392 e. The van der Waals surface area contributed by atoms with Crippen LogP contribution in [0.2, 0.25) is 0 Å². The summed E-state index contributed by atoms with van der Waals surface area (Å²) in [7, 11) is 5.69. The van der Waals surface area contributed by atoms with E-state index in [-0.39, 0.29) is 18.1 Å². The molecule has 3 aromatic rings. The number of carbonyl (C=O) groups is 1. The van der Waals surface area contributed by atoms with Gasteiger partial charge in [0.05, 0.1) is 12.3 Å². The third kappa shape index (κ3) is 3.67. The van der Waals surface area contributed by atoms with Gasteiger partial charge in [0.2, 0.25) is 0 Å². The Morgan fingerprint density at radius 1 is 1.09 bits per heavy atom. The second-order valence-electron chi connectivity index (χ2n) is 8.29. The number of carbonyl (C=O) groups excluding carboxylic acids is 1. The summed E-state index contributed by atoms with van der Waals surface area (Å²) in [6.45, 7) is 2.16. The highest BCUT2D eigenvalue weighted by atomic mass is 16.3. The molecule has 0 saturated heterocycles. The Morgan fingerprint density at radius 2 is 1.88 bits per heavy atom. The van der Waals surface area contributed by atoms with Crippen molar-refractivity contribution in [3.05, 3.63) is 87.7 Å². The smallest absolute Gasteiger partial charge is 0.258 e. The van der Waals surface area contributed by atoms with Gasteiger partial charge in [0, 0.05) is 44.5 Å². The number of aliphatic hydroxyl groups is 1. The fourth-order valence-corrected chi connectivity index (χ4v) is 4.34. The molecule has 0 bridgehead atoms. The van der Waals surface area contributed by atoms with Crippen LogP contribution in [0, 0.1) is 6.42 Å². The normalized spacial score (nSPS) is 13.2. The van der Waals surface area contributed by atoms with Gasteiger partial charge in [-0.15, -0.1) is 11.6 Å². The Hall–Kier alpha value is -3.51. The number of benzene rings is 2. The van der Waals surface area contributed by atoms with E-state index >= 15 is 0 Å². The van der Waals surface area contributed by atoms with Crippen LogP contribution in [0.4, 0.5) is 11.4 Å². The fraction of sp³-hybridized carbons (Fsp3) is 0.269. The molecule has 0 unspecified atom stereocenters. The highest BCUT2D eigenvalue weighted by Gasteiger charge is 2.28. The van der Waals surface area contributed by atoms with Crippen LogP contribution in [0.3, 0.4) is 0 Å². The number of anilines is 2. The van der Waals surface area contributed by atoms with Crippen molar-refractivity contribution in [3.63, 3.8) is 0 Å². The predicted molar refractivity (Wildman–Crippen MR) is 128 cm³/mol. The van der Waals surface area contributed by atoms with Gasteiger partial charge in [0.25, 0.3) is 5.91 Å². The van der Waals surface area contributed by atoms with E-state index in [4.69, 9.17) is 0 Å². The van der Waals surface area contributed by atoms with Crippen molar-refractivity contribution in [1.82, 2.24) is 4.57 Å². The molecular weight excluding hydrogens is 402 g/mol. The van der Waals surface area contributed by atoms with Crippen LogP contribution in [0.5, 0.6) is 0 Å². The number of hydrogen-bond donors (Lipinski definition) is 1. The van der Waals surface area contributed by atoms with Gasteiger partial charge in [0.15, 0.2) is 0 Å². The molecule has 2 heterocycles. The first-order valence-electron chi connectivity index (χ1n) is 10.7. The van der Waals surface area contributed by atoms with Crippen molar-refractivity contribution in [1.29, 1.82) is 0 Å². The molecule has 1 aliphatic heterocycles. The Labute approximate surface area is 188 Å². The molecule has 32 heavy (non-hydrogen) atoms. The van der Waals surface area contributed by atoms with Gasteiger partial charge in [-0.1, -0.05) is 24.6 Å². The SMILES string of the molecule is C[CH-]c1cc(-c2cccc(N3CCc4cc(N(C)C)ccc4C3=O)c2CO)cn(C)c1=O. The van der Waals surface area contributed by atoms with Crippen LogP contribution < -0.4 is 15.4 Å². The van der Waals surface area contributed by atoms with Crippen LogP contribution in [0.1, 0.15) is 34.0 Å². The summed E-state index contributed by atoms with van der Waals surface area (Å²) < 4.78 is 1.54. The molecule has 1 aliphatic rings. The molecule has 6 nitrogen and oxygen atoms in total. The molecule has 2 aromatic carbocycles. The molecular formula is C26H28N3O3-. The maximum absolute atomic E-state index is 13.4. The number of fused-ring (bicyclic) bond motifs is 1. The first-order chi connectivity index (χ1) is 15.3. The van der Waals surface area contributed by atoms with Crippen LogP contribution in [-0.2, 0) is 20.1 Å². The zero-order valence-electron chi connectivity index (χ0n) is 18.9. The van der Waals surface area contributed by atoms with Crippen molar-refractivity contribution >= 4 is 17.3 Å². The molecule has 166 valence electrons. The third-order valence-corrected chi connectivity index (χ3v) is 6.12. The molecule has 4 rings (SSSR count). The lowest BCUT2D eigenvalue weighted by Gasteiger charge is -2.31. The van der Waals surface area contributed by atoms with E-state index in [9.17, 15) is 14.7 Å². The van der Waals surface area contributed by atoms with Crippen LogP contribution in [0.15, 0.2) is 53.5 Å². The minimum Gasteiger partial charge on any atom is -0.392 e. The average Bonchev–Trinajstić information content (AvgIpc) is 2.80. The minimum absolute atomic E-state index is 0.0635. The number of pyridine rings is 1. The lowest BCUT2D eigenvalue weighted by Crippen LogP contribution is -2.38. The monoisotopic (exact) mass is 430 g/mol. The summed E-state index contributed by atoms with van der Waals surface area (Å²) in [6.07, 6.45) is 4.29. The summed E-state index contributed by atoms with van der Waals surface area (Å²) in [6, 6.07) is 13.4. The maximum atomic E-state index is 13.4. The number of hydrogen-bond acceptors (Lipinski definition) is 4. The second-order valence-corrected chi connectivity index (χ2v) is 8.29. The van der Waals surface area contributed by atoms with Crippen LogP contribution in [0.25, 0.3) is 11.1 Å². The molecule has 6 heteroatoms. The molecule has 1 aromatic heterocycles. The molecule has 0 radical (unpaired) electrons. The highest BCUT2D eigenvalue weighted by Crippen LogP contribution is 2.35. The number of nitrogens with zero attached hydrogens (tertiary/aromatic N) is 3. The van der Waals surface area contributed by atoms with Crippen molar-refractivity contribution in [2.24, 2.45) is 7.05 Å². The Kier molecular flexibility index (Phi) is 5.80. The van der Waals surface area contributed by atoms with Gasteiger partial charge in [-0.25, -0.2) is 0 Å². The molecule has 0 atom stereocenters. The summed E-state index contributed by atoms with van der Waals surface area (Å²) in [5.41, 5.74) is 6.35. The molecule has 0 aliphatic carbocycles. The molecule has 1 N–H and O–H groups in total. The fourth-order valence-electron chi connectivity index (χ4n) is 4.34. The molecule has 0 saturated carbocycles. The van der Waals surface area contributed by atoms with Gasteiger partial charge < -0.3 is 24.3 Å². The number of amides is 1. The van der Waals surface area contributed by atoms with Crippen LogP contribution in [-0.4, -0.2) is 36.2 Å². The number of aryl methyl sites for hydroxylation is 1. The maximum Gasteiger partial charge on any atom is 0.258 e. The second kappa shape index (κ2) is 8.55. The standard InChI is InChI=1S/C26H28N3O3/c1-5-17-13-19(15-28(4)25(17)31)21-7-6-8-24(23(21)16-30)29-12-11-18-14-20(27(2)3)9-10-22(18)26(29)32/h5-10,13-15,30H,11-12,16H2,1-4H3/q-1. The zero-order chi connectivity index (χ0) is 23.0. The Balaban J connectivity index is 1.79. The minimum atomic E-state index is -0.213. The average molecular weight is 431 g/mol. The molecule has 0 spiro atoms. The molecule has 1 amide bonds. The van der Waals surface area contributed by atoms with Gasteiger partial charge in [-0.3, -0.25) is 4.79 Å². The highest BCUT2D eigenvalue weighted by molar-refractivity contribution is 6.09. The summed E-state index contributed by atoms with van der Waals surface area (Å²) in [4.78, 5) is 29.5. The quantitative estimate of drug-likeness (QED) is 0.630. The van der Waals surface area contributed by atoms with E-state index in [2.05, 4.69) is 6.07 Å². The number of aliphatic hydroxyl groups excluding tert-OH is 1. The lowest BCUT2D eigenvalue weighted by molar-refractivity contribution is 0.0980.